The summed E-state index contributed by atoms with van der Waals surface area (Å²) in [5.41, 5.74) is 1.02. The normalized spacial score (nSPS) is 16.2. The van der Waals surface area contributed by atoms with Gasteiger partial charge in [-0.2, -0.15) is 0 Å². The van der Waals surface area contributed by atoms with E-state index in [-0.39, 0.29) is 24.0 Å². The van der Waals surface area contributed by atoms with Gasteiger partial charge in [0.15, 0.2) is 15.8 Å². The lowest BCUT2D eigenvalue weighted by atomic mass is 10.2. The second kappa shape index (κ2) is 8.71. The van der Waals surface area contributed by atoms with Crippen molar-refractivity contribution in [3.8, 4) is 0 Å². The standard InChI is InChI=1S/C15H23N3O2S.HI/c1-16-15(18-13-5-3-4-6-13)17-11-12-7-9-14(10-8-12)21(2,19)20;/h7-10,13H,3-6,11H2,1-2H3,(H2,16,17,18);1H. The highest BCUT2D eigenvalue weighted by Gasteiger charge is 2.15. The van der Waals surface area contributed by atoms with E-state index >= 15 is 0 Å². The van der Waals surface area contributed by atoms with E-state index in [0.717, 1.165) is 11.5 Å². The van der Waals surface area contributed by atoms with Crippen molar-refractivity contribution in [2.75, 3.05) is 13.3 Å². The predicted molar refractivity (Wildman–Crippen MR) is 101 cm³/mol. The second-order valence-corrected chi connectivity index (χ2v) is 7.48. The maximum atomic E-state index is 11.4. The Morgan fingerprint density at radius 3 is 2.32 bits per heavy atom. The van der Waals surface area contributed by atoms with Crippen LogP contribution < -0.4 is 10.6 Å². The Labute approximate surface area is 149 Å². The maximum absolute atomic E-state index is 11.4. The van der Waals surface area contributed by atoms with E-state index < -0.39 is 9.84 Å². The second-order valence-electron chi connectivity index (χ2n) is 5.47. The van der Waals surface area contributed by atoms with E-state index in [0.29, 0.717) is 17.5 Å². The fourth-order valence-electron chi connectivity index (χ4n) is 2.50. The fourth-order valence-corrected chi connectivity index (χ4v) is 3.13. The molecule has 1 fully saturated rings. The summed E-state index contributed by atoms with van der Waals surface area (Å²) < 4.78 is 22.8. The smallest absolute Gasteiger partial charge is 0.191 e. The van der Waals surface area contributed by atoms with Crippen LogP contribution in [0.25, 0.3) is 0 Å². The third-order valence-corrected chi connectivity index (χ3v) is 4.86. The third-order valence-electron chi connectivity index (χ3n) is 3.73. The molecule has 0 spiro atoms. The lowest BCUT2D eigenvalue weighted by Gasteiger charge is -2.16. The lowest BCUT2D eigenvalue weighted by Crippen LogP contribution is -2.41. The zero-order valence-corrected chi connectivity index (χ0v) is 16.1. The summed E-state index contributed by atoms with van der Waals surface area (Å²) in [5.74, 6) is 0.800. The molecule has 1 aromatic rings. The van der Waals surface area contributed by atoms with Crippen LogP contribution in [0.15, 0.2) is 34.2 Å². The Morgan fingerprint density at radius 1 is 1.23 bits per heavy atom. The number of guanidine groups is 1. The average molecular weight is 437 g/mol. The van der Waals surface area contributed by atoms with Crippen molar-refractivity contribution in [2.24, 2.45) is 4.99 Å². The molecule has 0 radical (unpaired) electrons. The molecule has 1 saturated carbocycles. The molecule has 2 rings (SSSR count). The topological polar surface area (TPSA) is 70.6 Å². The van der Waals surface area contributed by atoms with Crippen LogP contribution in [0.2, 0.25) is 0 Å². The van der Waals surface area contributed by atoms with Crippen molar-refractivity contribution in [1.29, 1.82) is 0 Å². The van der Waals surface area contributed by atoms with Crippen molar-refractivity contribution in [3.05, 3.63) is 29.8 Å². The van der Waals surface area contributed by atoms with Crippen molar-refractivity contribution >= 4 is 39.8 Å². The fraction of sp³-hybridized carbons (Fsp3) is 0.533. The first-order valence-electron chi connectivity index (χ1n) is 7.25. The van der Waals surface area contributed by atoms with E-state index in [4.69, 9.17) is 0 Å². The molecule has 2 N–H and O–H groups in total. The predicted octanol–water partition coefficient (Wildman–Crippen LogP) is 2.32. The Hall–Kier alpha value is -0.830. The SMILES string of the molecule is CN=C(NCc1ccc(S(C)(=O)=O)cc1)NC1CCCC1.I. The molecule has 5 nitrogen and oxygen atoms in total. The highest BCUT2D eigenvalue weighted by molar-refractivity contribution is 14.0. The number of sulfone groups is 1. The van der Waals surface area contributed by atoms with E-state index in [1.165, 1.54) is 31.9 Å². The number of rotatable bonds is 4. The monoisotopic (exact) mass is 437 g/mol. The minimum atomic E-state index is -3.13. The van der Waals surface area contributed by atoms with Crippen LogP contribution in [0.4, 0.5) is 0 Å². The molecular weight excluding hydrogens is 413 g/mol. The van der Waals surface area contributed by atoms with Gasteiger partial charge in [0.25, 0.3) is 0 Å². The molecule has 1 aromatic carbocycles. The van der Waals surface area contributed by atoms with Gasteiger partial charge in [-0.15, -0.1) is 24.0 Å². The number of hydrogen-bond donors (Lipinski definition) is 2. The number of nitrogens with one attached hydrogen (secondary N) is 2. The average Bonchev–Trinajstić information content (AvgIpc) is 2.96. The molecule has 1 aliphatic rings. The third kappa shape index (κ3) is 5.75. The Balaban J connectivity index is 0.00000242. The van der Waals surface area contributed by atoms with Gasteiger partial charge in [-0.1, -0.05) is 25.0 Å². The molecule has 0 atom stereocenters. The summed E-state index contributed by atoms with van der Waals surface area (Å²) in [6.45, 7) is 0.621. The molecule has 0 aromatic heterocycles. The van der Waals surface area contributed by atoms with Crippen LogP contribution in [0.1, 0.15) is 31.2 Å². The minimum Gasteiger partial charge on any atom is -0.354 e. The van der Waals surface area contributed by atoms with Crippen LogP contribution in [-0.4, -0.2) is 33.7 Å². The number of nitrogens with zero attached hydrogens (tertiary/aromatic N) is 1. The molecule has 0 aliphatic heterocycles. The first kappa shape index (κ1) is 19.2. The molecule has 0 unspecified atom stereocenters. The molecule has 124 valence electrons. The van der Waals surface area contributed by atoms with Crippen molar-refractivity contribution in [1.82, 2.24) is 10.6 Å². The van der Waals surface area contributed by atoms with Gasteiger partial charge in [0.1, 0.15) is 0 Å². The molecule has 0 saturated heterocycles. The number of aliphatic imine (C=N–C) groups is 1. The highest BCUT2D eigenvalue weighted by atomic mass is 127. The molecule has 22 heavy (non-hydrogen) atoms. The van der Waals surface area contributed by atoms with Gasteiger partial charge in [-0.3, -0.25) is 4.99 Å². The number of benzene rings is 1. The van der Waals surface area contributed by atoms with Gasteiger partial charge in [0.05, 0.1) is 4.90 Å². The van der Waals surface area contributed by atoms with E-state index in [1.807, 2.05) is 12.1 Å². The van der Waals surface area contributed by atoms with Crippen molar-refractivity contribution in [3.63, 3.8) is 0 Å². The molecule has 7 heteroatoms. The summed E-state index contributed by atoms with van der Waals surface area (Å²) >= 11 is 0. The van der Waals surface area contributed by atoms with Crippen molar-refractivity contribution < 1.29 is 8.42 Å². The van der Waals surface area contributed by atoms with Gasteiger partial charge < -0.3 is 10.6 Å². The Morgan fingerprint density at radius 2 is 1.82 bits per heavy atom. The van der Waals surface area contributed by atoms with Crippen LogP contribution in [0.5, 0.6) is 0 Å². The van der Waals surface area contributed by atoms with Crippen molar-refractivity contribution in [2.45, 2.75) is 43.2 Å². The zero-order valence-electron chi connectivity index (χ0n) is 13.0. The zero-order chi connectivity index (χ0) is 15.3. The maximum Gasteiger partial charge on any atom is 0.191 e. The van der Waals surface area contributed by atoms with E-state index in [2.05, 4.69) is 15.6 Å². The van der Waals surface area contributed by atoms with Crippen LogP contribution in [-0.2, 0) is 16.4 Å². The van der Waals surface area contributed by atoms with Crippen LogP contribution in [0.3, 0.4) is 0 Å². The quantitative estimate of drug-likeness (QED) is 0.431. The molecular formula is C15H24IN3O2S. The molecule has 0 bridgehead atoms. The first-order chi connectivity index (χ1) is 9.99. The summed E-state index contributed by atoms with van der Waals surface area (Å²) in [5, 5.41) is 6.67. The number of halogens is 1. The van der Waals surface area contributed by atoms with Crippen LogP contribution in [0, 0.1) is 0 Å². The summed E-state index contributed by atoms with van der Waals surface area (Å²) in [6, 6.07) is 7.45. The highest BCUT2D eigenvalue weighted by Crippen LogP contribution is 2.17. The first-order valence-corrected chi connectivity index (χ1v) is 9.14. The van der Waals surface area contributed by atoms with E-state index in [9.17, 15) is 8.42 Å². The number of hydrogen-bond acceptors (Lipinski definition) is 3. The molecule has 1 aliphatic carbocycles. The van der Waals surface area contributed by atoms with Gasteiger partial charge in [-0.05, 0) is 30.5 Å². The van der Waals surface area contributed by atoms with E-state index in [1.54, 1.807) is 19.2 Å². The molecule has 0 amide bonds. The summed E-state index contributed by atoms with van der Waals surface area (Å²) in [7, 11) is -1.37. The lowest BCUT2D eigenvalue weighted by molar-refractivity contribution is 0.601. The largest absolute Gasteiger partial charge is 0.354 e. The Bertz CT molecular complexity index is 594. The van der Waals surface area contributed by atoms with Crippen LogP contribution >= 0.6 is 24.0 Å². The summed E-state index contributed by atoms with van der Waals surface area (Å²) in [4.78, 5) is 4.57. The van der Waals surface area contributed by atoms with Gasteiger partial charge >= 0.3 is 0 Å². The van der Waals surface area contributed by atoms with Gasteiger partial charge in [-0.25, -0.2) is 8.42 Å². The van der Waals surface area contributed by atoms with Gasteiger partial charge in [0, 0.05) is 25.9 Å². The summed E-state index contributed by atoms with van der Waals surface area (Å²) in [6.07, 6.45) is 6.17. The molecule has 0 heterocycles. The minimum absolute atomic E-state index is 0. The van der Waals surface area contributed by atoms with Gasteiger partial charge in [0.2, 0.25) is 0 Å². The Kier molecular flexibility index (Phi) is 7.61.